The number of nitrogens with one attached hydrogen (secondary N) is 1. The number of benzene rings is 1. The number of nitrogen functional groups attached to an aromatic ring is 1. The molecule has 3 aliphatic rings. The predicted octanol–water partition coefficient (Wildman–Crippen LogP) is 5.62. The molecule has 2 bridgehead atoms. The largest absolute Gasteiger partial charge is 0.392 e. The number of hydrogen-bond acceptors (Lipinski definition) is 12. The summed E-state index contributed by atoms with van der Waals surface area (Å²) in [7, 11) is 4.19. The van der Waals surface area contributed by atoms with Gasteiger partial charge >= 0.3 is 0 Å². The minimum Gasteiger partial charge on any atom is -0.392 e. The molecule has 3 aliphatic heterocycles. The number of nitriles is 1. The third kappa shape index (κ3) is 6.13. The number of unbranched alkanes of at least 4 members (excludes halogenated alkanes) is 1. The third-order valence-corrected chi connectivity index (χ3v) is 11.6. The summed E-state index contributed by atoms with van der Waals surface area (Å²) in [6.07, 6.45) is 6.76. The monoisotopic (exact) mass is 705 g/mol. The molecule has 3 aromatic heterocycles. The highest BCUT2D eigenvalue weighted by molar-refractivity contribution is 7.23. The standard InChI is InChI=1S/C36H45F2N9O2S/c1-5-6-7-20(45(3)4)10-11-41-36-43-32-29(35(44-36)47-21-8-9-22(47)16-46(15-21)14-19(2)48)25-18-49-17-24(25)27(30(32)38)31-28-23(12-39)34(40)50-33(28)26(37)13-42-31/h13,19-22,48H,5-11,14-18,40H2,1-4H3,(H,41,43,44). The van der Waals surface area contributed by atoms with Crippen molar-refractivity contribution in [1.29, 1.82) is 5.26 Å². The molecule has 0 amide bonds. The van der Waals surface area contributed by atoms with E-state index in [-0.39, 0.29) is 62.7 Å². The number of rotatable bonds is 12. The van der Waals surface area contributed by atoms with Gasteiger partial charge in [-0.1, -0.05) is 19.8 Å². The van der Waals surface area contributed by atoms with Gasteiger partial charge in [0.2, 0.25) is 5.95 Å². The van der Waals surface area contributed by atoms with Gasteiger partial charge in [0.05, 0.1) is 46.9 Å². The first-order valence-electron chi connectivity index (χ1n) is 17.6. The first kappa shape index (κ1) is 34.7. The summed E-state index contributed by atoms with van der Waals surface area (Å²) in [6.45, 7) is 7.09. The zero-order chi connectivity index (χ0) is 35.3. The molecular formula is C36H45F2N9O2S. The number of anilines is 3. The van der Waals surface area contributed by atoms with Gasteiger partial charge in [-0.3, -0.25) is 9.88 Å². The molecule has 4 unspecified atom stereocenters. The highest BCUT2D eigenvalue weighted by Crippen LogP contribution is 2.48. The summed E-state index contributed by atoms with van der Waals surface area (Å²) in [5.41, 5.74) is 8.04. The van der Waals surface area contributed by atoms with Crippen molar-refractivity contribution < 1.29 is 18.6 Å². The van der Waals surface area contributed by atoms with Gasteiger partial charge in [0.1, 0.15) is 22.4 Å². The van der Waals surface area contributed by atoms with Crippen molar-refractivity contribution >= 4 is 49.1 Å². The Morgan fingerprint density at radius 2 is 1.90 bits per heavy atom. The number of aromatic nitrogens is 3. The van der Waals surface area contributed by atoms with E-state index in [1.165, 1.54) is 0 Å². The maximum atomic E-state index is 17.4. The van der Waals surface area contributed by atoms with Gasteiger partial charge in [0.15, 0.2) is 11.6 Å². The Bertz CT molecular complexity index is 1950. The van der Waals surface area contributed by atoms with Crippen LogP contribution in [0.25, 0.3) is 32.2 Å². The molecule has 50 heavy (non-hydrogen) atoms. The number of ether oxygens (including phenoxy) is 1. The first-order chi connectivity index (χ1) is 24.1. The van der Waals surface area contributed by atoms with E-state index in [1.54, 1.807) is 0 Å². The van der Waals surface area contributed by atoms with Crippen molar-refractivity contribution in [2.75, 3.05) is 56.2 Å². The summed E-state index contributed by atoms with van der Waals surface area (Å²) in [5, 5.41) is 24.5. The number of pyridine rings is 1. The van der Waals surface area contributed by atoms with E-state index in [9.17, 15) is 10.4 Å². The molecule has 4 aromatic rings. The number of thiophene rings is 1. The van der Waals surface area contributed by atoms with E-state index in [4.69, 9.17) is 20.4 Å². The van der Waals surface area contributed by atoms with E-state index in [0.29, 0.717) is 41.8 Å². The van der Waals surface area contributed by atoms with Crippen molar-refractivity contribution in [3.63, 3.8) is 0 Å². The number of nitrogens with two attached hydrogens (primary N) is 1. The Morgan fingerprint density at radius 1 is 1.16 bits per heavy atom. The first-order valence-corrected chi connectivity index (χ1v) is 18.4. The third-order valence-electron chi connectivity index (χ3n) is 10.5. The quantitative estimate of drug-likeness (QED) is 0.169. The Hall–Kier alpha value is -3.74. The minimum absolute atomic E-state index is 0.0788. The smallest absolute Gasteiger partial charge is 0.225 e. The van der Waals surface area contributed by atoms with Gasteiger partial charge in [-0.05, 0) is 57.8 Å². The molecule has 6 heterocycles. The topological polar surface area (TPSA) is 140 Å². The van der Waals surface area contributed by atoms with Crippen molar-refractivity contribution in [3.05, 3.63) is 34.5 Å². The van der Waals surface area contributed by atoms with Gasteiger partial charge in [-0.2, -0.15) is 10.2 Å². The van der Waals surface area contributed by atoms with Crippen molar-refractivity contribution in [2.45, 2.75) is 89.8 Å². The summed E-state index contributed by atoms with van der Waals surface area (Å²) in [4.78, 5) is 21.3. The second-order valence-electron chi connectivity index (χ2n) is 14.2. The van der Waals surface area contributed by atoms with Crippen LogP contribution in [0.15, 0.2) is 6.20 Å². The van der Waals surface area contributed by atoms with Crippen LogP contribution in [-0.4, -0.2) is 94.4 Å². The Balaban J connectivity index is 1.39. The molecule has 1 aromatic carbocycles. The van der Waals surface area contributed by atoms with Gasteiger partial charge in [-0.25, -0.2) is 13.8 Å². The number of aliphatic hydroxyl groups excluding tert-OH is 1. The molecule has 0 spiro atoms. The molecule has 0 radical (unpaired) electrons. The Kier molecular flexibility index (Phi) is 9.79. The molecule has 266 valence electrons. The van der Waals surface area contributed by atoms with Gasteiger partial charge in [0, 0.05) is 55.3 Å². The zero-order valence-corrected chi connectivity index (χ0v) is 29.9. The van der Waals surface area contributed by atoms with Crippen LogP contribution in [-0.2, 0) is 18.0 Å². The van der Waals surface area contributed by atoms with Gasteiger partial charge in [-0.15, -0.1) is 11.3 Å². The van der Waals surface area contributed by atoms with Crippen LogP contribution >= 0.6 is 11.3 Å². The van der Waals surface area contributed by atoms with Crippen LogP contribution in [0, 0.1) is 23.0 Å². The van der Waals surface area contributed by atoms with Crippen molar-refractivity contribution in [2.24, 2.45) is 0 Å². The number of hydrogen-bond donors (Lipinski definition) is 3. The predicted molar refractivity (Wildman–Crippen MR) is 193 cm³/mol. The van der Waals surface area contributed by atoms with Crippen LogP contribution in [0.3, 0.4) is 0 Å². The molecule has 2 saturated heterocycles. The van der Waals surface area contributed by atoms with Crippen LogP contribution in [0.4, 0.5) is 25.5 Å². The summed E-state index contributed by atoms with van der Waals surface area (Å²) in [5.74, 6) is -0.213. The van der Waals surface area contributed by atoms with Crippen molar-refractivity contribution in [1.82, 2.24) is 24.8 Å². The van der Waals surface area contributed by atoms with Gasteiger partial charge < -0.3 is 30.7 Å². The Labute approximate surface area is 295 Å². The molecule has 11 nitrogen and oxygen atoms in total. The maximum absolute atomic E-state index is 17.4. The molecule has 7 rings (SSSR count). The molecule has 4 atom stereocenters. The fourth-order valence-electron chi connectivity index (χ4n) is 8.22. The minimum atomic E-state index is -0.618. The zero-order valence-electron chi connectivity index (χ0n) is 29.1. The average Bonchev–Trinajstić information content (AvgIpc) is 3.77. The number of halogens is 2. The highest BCUT2D eigenvalue weighted by atomic mass is 32.1. The van der Waals surface area contributed by atoms with Crippen molar-refractivity contribution in [3.8, 4) is 17.3 Å². The highest BCUT2D eigenvalue weighted by Gasteiger charge is 2.43. The molecule has 0 aliphatic carbocycles. The number of aliphatic hydroxyl groups is 1. The summed E-state index contributed by atoms with van der Waals surface area (Å²) in [6, 6.07) is 2.74. The molecule has 2 fully saturated rings. The lowest BCUT2D eigenvalue weighted by Crippen LogP contribution is -2.55. The molecule has 0 saturated carbocycles. The lowest BCUT2D eigenvalue weighted by atomic mass is 9.93. The van der Waals surface area contributed by atoms with E-state index in [0.717, 1.165) is 74.7 Å². The fraction of sp³-hybridized carbons (Fsp3) is 0.556. The number of likely N-dealkylation sites (tertiary alicyclic amines) is 1. The number of piperazine rings is 1. The SMILES string of the molecule is CCCCC(CCNc1nc(N2C3CCC2CN(CC(C)O)C3)c2c3c(c(-c4ncc(F)c5sc(N)c(C#N)c45)c(F)c2n1)COC3)N(C)C. The number of nitrogens with zero attached hydrogens (tertiary/aromatic N) is 7. The van der Waals surface area contributed by atoms with Crippen LogP contribution in [0.5, 0.6) is 0 Å². The normalized spacial score (nSPS) is 20.2. The molecular weight excluding hydrogens is 661 g/mol. The summed E-state index contributed by atoms with van der Waals surface area (Å²) >= 11 is 0.956. The van der Waals surface area contributed by atoms with E-state index in [1.807, 2.05) is 6.92 Å². The second-order valence-corrected chi connectivity index (χ2v) is 15.2. The average molecular weight is 706 g/mol. The lowest BCUT2D eigenvalue weighted by molar-refractivity contribution is 0.111. The van der Waals surface area contributed by atoms with Crippen LogP contribution in [0.1, 0.15) is 69.1 Å². The van der Waals surface area contributed by atoms with Crippen LogP contribution in [0.2, 0.25) is 0 Å². The second kappa shape index (κ2) is 14.1. The molecule has 14 heteroatoms. The molecule has 4 N–H and O–H groups in total. The van der Waals surface area contributed by atoms with Crippen LogP contribution < -0.4 is 16.0 Å². The lowest BCUT2D eigenvalue weighted by Gasteiger charge is -2.42. The fourth-order valence-corrected chi connectivity index (χ4v) is 9.14. The maximum Gasteiger partial charge on any atom is 0.225 e. The van der Waals surface area contributed by atoms with E-state index in [2.05, 4.69) is 52.1 Å². The number of fused-ring (bicyclic) bond motifs is 6. The summed E-state index contributed by atoms with van der Waals surface area (Å²) < 4.78 is 38.6. The Morgan fingerprint density at radius 3 is 2.58 bits per heavy atom. The number of β-amino-alcohol motifs (C(OH)–C–C–N with tert-alkyl or cyclic N) is 1. The van der Waals surface area contributed by atoms with E-state index < -0.39 is 17.7 Å². The van der Waals surface area contributed by atoms with E-state index >= 15 is 8.78 Å². The van der Waals surface area contributed by atoms with Gasteiger partial charge in [0.25, 0.3) is 0 Å².